The third-order valence-corrected chi connectivity index (χ3v) is 5.72. The van der Waals surface area contributed by atoms with Gasteiger partial charge in [-0.1, -0.05) is 0 Å². The van der Waals surface area contributed by atoms with Crippen molar-refractivity contribution in [1.82, 2.24) is 14.8 Å². The van der Waals surface area contributed by atoms with Crippen molar-refractivity contribution in [2.75, 3.05) is 26.2 Å². The van der Waals surface area contributed by atoms with Crippen LogP contribution in [0.3, 0.4) is 0 Å². The van der Waals surface area contributed by atoms with Crippen LogP contribution in [0, 0.1) is 0 Å². The summed E-state index contributed by atoms with van der Waals surface area (Å²) in [6.45, 7) is 4.00. The Labute approximate surface area is 148 Å². The van der Waals surface area contributed by atoms with E-state index in [2.05, 4.69) is 27.1 Å². The van der Waals surface area contributed by atoms with Gasteiger partial charge in [0.2, 0.25) is 0 Å². The summed E-state index contributed by atoms with van der Waals surface area (Å²) in [6, 6.07) is 5.57. The number of hydrogen-bond acceptors (Lipinski definition) is 6. The van der Waals surface area contributed by atoms with E-state index in [1.165, 1.54) is 11.8 Å². The molecule has 1 aliphatic rings. The van der Waals surface area contributed by atoms with Crippen molar-refractivity contribution in [1.29, 1.82) is 0 Å². The quantitative estimate of drug-likeness (QED) is 0.716. The van der Waals surface area contributed by atoms with Gasteiger partial charge < -0.3 is 9.32 Å². The van der Waals surface area contributed by atoms with Crippen LogP contribution >= 0.6 is 22.7 Å². The maximum absolute atomic E-state index is 12.3. The number of piperazine rings is 1. The highest BCUT2D eigenvalue weighted by atomic mass is 32.1. The second-order valence-corrected chi connectivity index (χ2v) is 7.34. The first-order chi connectivity index (χ1) is 11.8. The topological polar surface area (TPSA) is 49.6 Å². The lowest BCUT2D eigenvalue weighted by molar-refractivity contribution is 0.0596. The fourth-order valence-corrected chi connectivity index (χ4v) is 4.32. The fourth-order valence-electron chi connectivity index (χ4n) is 2.79. The van der Waals surface area contributed by atoms with Crippen LogP contribution in [0.1, 0.15) is 16.2 Å². The second-order valence-electron chi connectivity index (χ2n) is 5.70. The summed E-state index contributed by atoms with van der Waals surface area (Å²) in [5, 5.41) is 7.42. The van der Waals surface area contributed by atoms with Crippen LogP contribution in [-0.4, -0.2) is 46.9 Å². The van der Waals surface area contributed by atoms with Gasteiger partial charge in [-0.05, 0) is 23.6 Å². The first-order valence-corrected chi connectivity index (χ1v) is 9.64. The molecule has 1 aliphatic heterocycles. The van der Waals surface area contributed by atoms with Gasteiger partial charge in [0, 0.05) is 49.0 Å². The minimum absolute atomic E-state index is 0.0203. The summed E-state index contributed by atoms with van der Waals surface area (Å²) < 4.78 is 5.20. The number of hydrogen-bond donors (Lipinski definition) is 0. The molecule has 4 rings (SSSR count). The lowest BCUT2D eigenvalue weighted by Crippen LogP contribution is -2.48. The highest BCUT2D eigenvalue weighted by Gasteiger charge is 2.24. The number of aromatic nitrogens is 1. The van der Waals surface area contributed by atoms with Crippen molar-refractivity contribution in [3.63, 3.8) is 0 Å². The van der Waals surface area contributed by atoms with E-state index in [0.717, 1.165) is 43.4 Å². The molecule has 1 fully saturated rings. The summed E-state index contributed by atoms with van der Waals surface area (Å²) in [5.74, 6) is 0.399. The van der Waals surface area contributed by atoms with E-state index >= 15 is 0 Å². The van der Waals surface area contributed by atoms with E-state index in [9.17, 15) is 4.79 Å². The number of thiophene rings is 1. The molecule has 1 amide bonds. The van der Waals surface area contributed by atoms with Gasteiger partial charge in [-0.2, -0.15) is 11.3 Å². The zero-order valence-electron chi connectivity index (χ0n) is 13.1. The number of thiazole rings is 1. The number of carbonyl (C=O) groups is 1. The number of rotatable bonds is 4. The molecule has 124 valence electrons. The third-order valence-electron chi connectivity index (χ3n) is 4.10. The second kappa shape index (κ2) is 6.88. The normalized spacial score (nSPS) is 15.8. The number of amides is 1. The Morgan fingerprint density at radius 2 is 2.08 bits per heavy atom. The van der Waals surface area contributed by atoms with Crippen molar-refractivity contribution in [3.05, 3.63) is 52.1 Å². The predicted octanol–water partition coefficient (Wildman–Crippen LogP) is 3.42. The van der Waals surface area contributed by atoms with Gasteiger partial charge in [0.05, 0.1) is 12.0 Å². The SMILES string of the molecule is O=C(c1ccco1)N1CCN(Cc2csc(-c3ccsc3)n2)CC1. The summed E-state index contributed by atoms with van der Waals surface area (Å²) in [5.41, 5.74) is 2.30. The van der Waals surface area contributed by atoms with Gasteiger partial charge in [-0.25, -0.2) is 4.98 Å². The zero-order valence-corrected chi connectivity index (χ0v) is 14.7. The van der Waals surface area contributed by atoms with Gasteiger partial charge in [0.25, 0.3) is 5.91 Å². The molecule has 24 heavy (non-hydrogen) atoms. The van der Waals surface area contributed by atoms with Crippen LogP contribution < -0.4 is 0 Å². The predicted molar refractivity (Wildman–Crippen MR) is 95.3 cm³/mol. The standard InChI is InChI=1S/C17H17N3O2S2/c21-17(15-2-1-8-22-15)20-6-4-19(5-7-20)10-14-12-24-16(18-14)13-3-9-23-11-13/h1-3,8-9,11-12H,4-7,10H2. The average molecular weight is 359 g/mol. The van der Waals surface area contributed by atoms with Crippen molar-refractivity contribution in [3.8, 4) is 10.6 Å². The molecule has 3 aromatic heterocycles. The van der Waals surface area contributed by atoms with Gasteiger partial charge in [-0.3, -0.25) is 9.69 Å². The summed E-state index contributed by atoms with van der Waals surface area (Å²) >= 11 is 3.38. The van der Waals surface area contributed by atoms with Crippen LogP contribution in [-0.2, 0) is 6.54 Å². The first kappa shape index (κ1) is 15.6. The summed E-state index contributed by atoms with van der Waals surface area (Å²) in [6.07, 6.45) is 1.54. The molecule has 7 heteroatoms. The third kappa shape index (κ3) is 3.28. The van der Waals surface area contributed by atoms with E-state index in [-0.39, 0.29) is 5.91 Å². The smallest absolute Gasteiger partial charge is 0.289 e. The Hall–Kier alpha value is -1.96. The zero-order chi connectivity index (χ0) is 16.4. The molecule has 0 bridgehead atoms. The lowest BCUT2D eigenvalue weighted by atomic mass is 10.2. The molecular formula is C17H17N3O2S2. The van der Waals surface area contributed by atoms with Crippen molar-refractivity contribution in [2.24, 2.45) is 0 Å². The number of nitrogens with zero attached hydrogens (tertiary/aromatic N) is 3. The molecule has 5 nitrogen and oxygen atoms in total. The monoisotopic (exact) mass is 359 g/mol. The van der Waals surface area contributed by atoms with Gasteiger partial charge in [0.1, 0.15) is 5.01 Å². The molecule has 0 aromatic carbocycles. The Kier molecular flexibility index (Phi) is 4.46. The van der Waals surface area contributed by atoms with Crippen LogP contribution in [0.5, 0.6) is 0 Å². The van der Waals surface area contributed by atoms with E-state index in [1.54, 1.807) is 34.8 Å². The molecule has 0 saturated carbocycles. The first-order valence-electron chi connectivity index (χ1n) is 7.82. The summed E-state index contributed by atoms with van der Waals surface area (Å²) in [4.78, 5) is 21.2. The Balaban J connectivity index is 1.33. The molecule has 0 radical (unpaired) electrons. The molecule has 0 spiro atoms. The number of furan rings is 1. The minimum atomic E-state index is -0.0203. The fraction of sp³-hybridized carbons (Fsp3) is 0.294. The minimum Gasteiger partial charge on any atom is -0.459 e. The average Bonchev–Trinajstić information content (AvgIpc) is 3.36. The highest BCUT2D eigenvalue weighted by Crippen LogP contribution is 2.26. The Bertz CT molecular complexity index is 788. The molecule has 0 atom stereocenters. The molecule has 3 aromatic rings. The van der Waals surface area contributed by atoms with E-state index in [1.807, 2.05) is 4.90 Å². The van der Waals surface area contributed by atoms with E-state index < -0.39 is 0 Å². The molecule has 1 saturated heterocycles. The molecule has 4 heterocycles. The van der Waals surface area contributed by atoms with Gasteiger partial charge in [0.15, 0.2) is 5.76 Å². The van der Waals surface area contributed by atoms with E-state index in [0.29, 0.717) is 5.76 Å². The molecule has 0 aliphatic carbocycles. The van der Waals surface area contributed by atoms with Crippen molar-refractivity contribution < 1.29 is 9.21 Å². The highest BCUT2D eigenvalue weighted by molar-refractivity contribution is 7.14. The Morgan fingerprint density at radius 3 is 2.79 bits per heavy atom. The van der Waals surface area contributed by atoms with Crippen LogP contribution in [0.25, 0.3) is 10.6 Å². The lowest BCUT2D eigenvalue weighted by Gasteiger charge is -2.33. The van der Waals surface area contributed by atoms with Crippen molar-refractivity contribution >= 4 is 28.6 Å². The maximum Gasteiger partial charge on any atom is 0.289 e. The molecule has 0 N–H and O–H groups in total. The maximum atomic E-state index is 12.3. The van der Waals surface area contributed by atoms with Crippen LogP contribution in [0.15, 0.2) is 45.0 Å². The van der Waals surface area contributed by atoms with Crippen LogP contribution in [0.4, 0.5) is 0 Å². The summed E-state index contributed by atoms with van der Waals surface area (Å²) in [7, 11) is 0. The van der Waals surface area contributed by atoms with E-state index in [4.69, 9.17) is 9.40 Å². The number of carbonyl (C=O) groups excluding carboxylic acids is 1. The largest absolute Gasteiger partial charge is 0.459 e. The molecular weight excluding hydrogens is 342 g/mol. The molecule has 0 unspecified atom stereocenters. The van der Waals surface area contributed by atoms with Crippen molar-refractivity contribution in [2.45, 2.75) is 6.54 Å². The Morgan fingerprint density at radius 1 is 1.21 bits per heavy atom. The van der Waals surface area contributed by atoms with Crippen LogP contribution in [0.2, 0.25) is 0 Å². The van der Waals surface area contributed by atoms with Gasteiger partial charge >= 0.3 is 0 Å². The van der Waals surface area contributed by atoms with Gasteiger partial charge in [-0.15, -0.1) is 11.3 Å².